The third kappa shape index (κ3) is 3.38. The summed E-state index contributed by atoms with van der Waals surface area (Å²) in [5, 5.41) is 0. The monoisotopic (exact) mass is 256 g/mol. The minimum absolute atomic E-state index is 0.336. The van der Waals surface area contributed by atoms with E-state index in [-0.39, 0.29) is 0 Å². The lowest BCUT2D eigenvalue weighted by molar-refractivity contribution is 0.477. The highest BCUT2D eigenvalue weighted by atomic mass is 15.4. The second kappa shape index (κ2) is 6.25. The first-order chi connectivity index (χ1) is 9.42. The largest absolute Gasteiger partial charge is 0.325 e. The Balaban J connectivity index is 1.47. The van der Waals surface area contributed by atoms with Gasteiger partial charge in [-0.2, -0.15) is 0 Å². The van der Waals surface area contributed by atoms with Crippen molar-refractivity contribution in [3.8, 4) is 0 Å². The van der Waals surface area contributed by atoms with Crippen molar-refractivity contribution < 1.29 is 0 Å². The molecule has 1 atom stereocenters. The summed E-state index contributed by atoms with van der Waals surface area (Å²) in [7, 11) is 0. The van der Waals surface area contributed by atoms with Crippen molar-refractivity contribution in [1.29, 1.82) is 0 Å². The maximum Gasteiger partial charge on any atom is 0.0710 e. The fourth-order valence-corrected chi connectivity index (χ4v) is 3.32. The molecule has 0 bridgehead atoms. The van der Waals surface area contributed by atoms with Crippen LogP contribution in [0.4, 0.5) is 0 Å². The van der Waals surface area contributed by atoms with Gasteiger partial charge in [-0.25, -0.2) is 5.43 Å². The molecular formula is C17H24N2. The Morgan fingerprint density at radius 2 is 1.84 bits per heavy atom. The van der Waals surface area contributed by atoms with Gasteiger partial charge in [0.05, 0.1) is 6.04 Å². The van der Waals surface area contributed by atoms with Gasteiger partial charge < -0.3 is 5.43 Å². The Labute approximate surface area is 116 Å². The summed E-state index contributed by atoms with van der Waals surface area (Å²) in [5.41, 5.74) is 9.40. The average molecular weight is 256 g/mol. The van der Waals surface area contributed by atoms with E-state index in [0.717, 1.165) is 5.92 Å². The highest BCUT2D eigenvalue weighted by molar-refractivity contribution is 5.26. The average Bonchev–Trinajstić information content (AvgIpc) is 3.11. The van der Waals surface area contributed by atoms with E-state index in [2.05, 4.69) is 47.3 Å². The number of hydrogen-bond donors (Lipinski definition) is 2. The van der Waals surface area contributed by atoms with Crippen LogP contribution in [-0.2, 0) is 0 Å². The molecule has 2 aliphatic rings. The molecular weight excluding hydrogens is 232 g/mol. The molecule has 2 nitrogen and oxygen atoms in total. The molecule has 2 heteroatoms. The quantitative estimate of drug-likeness (QED) is 0.829. The number of benzene rings is 1. The minimum Gasteiger partial charge on any atom is -0.325 e. The van der Waals surface area contributed by atoms with Crippen LogP contribution < -0.4 is 10.9 Å². The summed E-state index contributed by atoms with van der Waals surface area (Å²) in [5.74, 6) is 1.01. The van der Waals surface area contributed by atoms with Crippen LogP contribution in [0.3, 0.4) is 0 Å². The topological polar surface area (TPSA) is 24.1 Å². The van der Waals surface area contributed by atoms with Gasteiger partial charge in [0.2, 0.25) is 0 Å². The Hall–Kier alpha value is -1.28. The lowest BCUT2D eigenvalue weighted by Crippen LogP contribution is -2.26. The molecule has 1 aliphatic heterocycles. The van der Waals surface area contributed by atoms with Gasteiger partial charge in [-0.05, 0) is 30.4 Å². The highest BCUT2D eigenvalue weighted by Crippen LogP contribution is 2.30. The van der Waals surface area contributed by atoms with Crippen molar-refractivity contribution in [3.05, 3.63) is 47.7 Å². The van der Waals surface area contributed by atoms with Crippen molar-refractivity contribution >= 4 is 0 Å². The second-order valence-corrected chi connectivity index (χ2v) is 5.89. The van der Waals surface area contributed by atoms with Crippen molar-refractivity contribution in [3.63, 3.8) is 0 Å². The maximum absolute atomic E-state index is 3.36. The first-order valence-corrected chi connectivity index (χ1v) is 7.69. The highest BCUT2D eigenvalue weighted by Gasteiger charge is 2.17. The Kier molecular flexibility index (Phi) is 4.19. The van der Waals surface area contributed by atoms with Gasteiger partial charge in [0, 0.05) is 5.70 Å². The molecule has 1 saturated carbocycles. The molecule has 0 radical (unpaired) electrons. The molecule has 0 saturated heterocycles. The van der Waals surface area contributed by atoms with Gasteiger partial charge in [0.1, 0.15) is 0 Å². The molecule has 19 heavy (non-hydrogen) atoms. The van der Waals surface area contributed by atoms with Crippen LogP contribution in [0.25, 0.3) is 0 Å². The lowest BCUT2D eigenvalue weighted by Gasteiger charge is -2.09. The van der Waals surface area contributed by atoms with Crippen LogP contribution in [0.2, 0.25) is 0 Å². The van der Waals surface area contributed by atoms with Gasteiger partial charge in [0.25, 0.3) is 0 Å². The summed E-state index contributed by atoms with van der Waals surface area (Å²) in [6.07, 6.45) is 12.1. The summed E-state index contributed by atoms with van der Waals surface area (Å²) >= 11 is 0. The van der Waals surface area contributed by atoms with Crippen LogP contribution in [0.5, 0.6) is 0 Å². The molecule has 3 rings (SSSR count). The van der Waals surface area contributed by atoms with Gasteiger partial charge >= 0.3 is 0 Å². The molecule has 1 unspecified atom stereocenters. The third-order valence-electron chi connectivity index (χ3n) is 4.45. The molecule has 1 aromatic rings. The van der Waals surface area contributed by atoms with Gasteiger partial charge in [-0.15, -0.1) is 0 Å². The number of allylic oxidation sites excluding steroid dienone is 1. The van der Waals surface area contributed by atoms with Crippen molar-refractivity contribution in [2.45, 2.75) is 51.0 Å². The van der Waals surface area contributed by atoms with Crippen molar-refractivity contribution in [2.75, 3.05) is 0 Å². The first-order valence-electron chi connectivity index (χ1n) is 7.69. The maximum atomic E-state index is 3.36. The van der Waals surface area contributed by atoms with Crippen LogP contribution in [0, 0.1) is 5.92 Å². The molecule has 1 heterocycles. The van der Waals surface area contributed by atoms with Crippen molar-refractivity contribution in [1.82, 2.24) is 10.9 Å². The number of hydrogen-bond acceptors (Lipinski definition) is 2. The Morgan fingerprint density at radius 3 is 2.63 bits per heavy atom. The predicted octanol–water partition coefficient (Wildman–Crippen LogP) is 4.08. The van der Waals surface area contributed by atoms with Crippen LogP contribution in [0.15, 0.2) is 42.1 Å². The standard InChI is InChI=1S/C17H24N2/c1-2-10-15(11-3-1)17-13-16(18-19-17)12-6-9-14-7-4-5-8-14/h1-3,10-11,13-14,17-19H,4-9,12H2. The van der Waals surface area contributed by atoms with Crippen LogP contribution in [-0.4, -0.2) is 0 Å². The molecule has 0 spiro atoms. The number of hydrazine groups is 1. The molecule has 0 aromatic heterocycles. The summed E-state index contributed by atoms with van der Waals surface area (Å²) in [6, 6.07) is 11.0. The Bertz CT molecular complexity index is 418. The number of rotatable bonds is 5. The summed E-state index contributed by atoms with van der Waals surface area (Å²) in [6.45, 7) is 0. The zero-order chi connectivity index (χ0) is 12.9. The van der Waals surface area contributed by atoms with Gasteiger partial charge in [-0.3, -0.25) is 0 Å². The number of nitrogens with one attached hydrogen (secondary N) is 2. The summed E-state index contributed by atoms with van der Waals surface area (Å²) < 4.78 is 0. The zero-order valence-corrected chi connectivity index (χ0v) is 11.6. The minimum atomic E-state index is 0.336. The van der Waals surface area contributed by atoms with Crippen LogP contribution in [0.1, 0.15) is 56.6 Å². The zero-order valence-electron chi connectivity index (χ0n) is 11.6. The van der Waals surface area contributed by atoms with Gasteiger partial charge in [0.15, 0.2) is 0 Å². The smallest absolute Gasteiger partial charge is 0.0710 e. The van der Waals surface area contributed by atoms with E-state index in [9.17, 15) is 0 Å². The third-order valence-corrected chi connectivity index (χ3v) is 4.45. The van der Waals surface area contributed by atoms with E-state index >= 15 is 0 Å². The van der Waals surface area contributed by atoms with E-state index in [1.54, 1.807) is 0 Å². The lowest BCUT2D eigenvalue weighted by atomic mass is 9.99. The molecule has 1 aromatic carbocycles. The normalized spacial score (nSPS) is 23.4. The Morgan fingerprint density at radius 1 is 1.05 bits per heavy atom. The first kappa shape index (κ1) is 12.7. The molecule has 1 fully saturated rings. The SMILES string of the molecule is C1=C(CCCC2CCCC2)NNC1c1ccccc1. The predicted molar refractivity (Wildman–Crippen MR) is 79.3 cm³/mol. The fraction of sp³-hybridized carbons (Fsp3) is 0.529. The fourth-order valence-electron chi connectivity index (χ4n) is 3.32. The van der Waals surface area contributed by atoms with Gasteiger partial charge in [-0.1, -0.05) is 62.4 Å². The van der Waals surface area contributed by atoms with E-state index in [1.165, 1.54) is 56.2 Å². The second-order valence-electron chi connectivity index (χ2n) is 5.89. The van der Waals surface area contributed by atoms with E-state index in [4.69, 9.17) is 0 Å². The van der Waals surface area contributed by atoms with E-state index in [1.807, 2.05) is 0 Å². The van der Waals surface area contributed by atoms with Crippen LogP contribution >= 0.6 is 0 Å². The van der Waals surface area contributed by atoms with E-state index in [0.29, 0.717) is 6.04 Å². The molecule has 1 aliphatic carbocycles. The van der Waals surface area contributed by atoms with Crippen molar-refractivity contribution in [2.24, 2.45) is 5.92 Å². The molecule has 102 valence electrons. The molecule has 0 amide bonds. The van der Waals surface area contributed by atoms with E-state index < -0.39 is 0 Å². The summed E-state index contributed by atoms with van der Waals surface area (Å²) in [4.78, 5) is 0. The molecule has 2 N–H and O–H groups in total.